The summed E-state index contributed by atoms with van der Waals surface area (Å²) in [6.07, 6.45) is 1.05. The Hall–Kier alpha value is -1.00. The fourth-order valence-corrected chi connectivity index (χ4v) is 2.36. The molecule has 0 amide bonds. The van der Waals surface area contributed by atoms with Crippen molar-refractivity contribution >= 4 is 0 Å². The molecule has 0 saturated carbocycles. The van der Waals surface area contributed by atoms with Gasteiger partial charge < -0.3 is 10.2 Å². The Balaban J connectivity index is 2.68. The van der Waals surface area contributed by atoms with E-state index in [-0.39, 0.29) is 11.6 Å². The number of nitrogens with zero attached hydrogens (tertiary/aromatic N) is 1. The highest BCUT2D eigenvalue weighted by molar-refractivity contribution is 5.22. The molecule has 0 aliphatic rings. The van der Waals surface area contributed by atoms with Gasteiger partial charge in [0, 0.05) is 24.2 Å². The topological polar surface area (TPSA) is 15.3 Å². The monoisotopic (exact) mass is 284 g/mol. The Labute approximate surface area is 121 Å². The van der Waals surface area contributed by atoms with Crippen LogP contribution in [0.4, 0.5) is 8.78 Å². The zero-order chi connectivity index (χ0) is 15.3. The van der Waals surface area contributed by atoms with Crippen LogP contribution in [0.25, 0.3) is 0 Å². The lowest BCUT2D eigenvalue weighted by Crippen LogP contribution is -2.39. The highest BCUT2D eigenvalue weighted by atomic mass is 19.1. The summed E-state index contributed by atoms with van der Waals surface area (Å²) in [6.45, 7) is 6.86. The second-order valence-electron chi connectivity index (χ2n) is 6.01. The van der Waals surface area contributed by atoms with Crippen molar-refractivity contribution in [3.8, 4) is 0 Å². The largest absolute Gasteiger partial charge is 0.308 e. The van der Waals surface area contributed by atoms with Crippen molar-refractivity contribution in [2.45, 2.75) is 39.3 Å². The molecule has 4 heteroatoms. The first-order valence-corrected chi connectivity index (χ1v) is 7.16. The van der Waals surface area contributed by atoms with Crippen LogP contribution in [0.15, 0.2) is 18.2 Å². The van der Waals surface area contributed by atoms with Gasteiger partial charge in [0.1, 0.15) is 11.6 Å². The molecule has 20 heavy (non-hydrogen) atoms. The van der Waals surface area contributed by atoms with Gasteiger partial charge >= 0.3 is 0 Å². The normalized spacial score (nSPS) is 14.8. The molecular weight excluding hydrogens is 258 g/mol. The Kier molecular flexibility index (Phi) is 6.56. The molecule has 0 aromatic heterocycles. The molecule has 0 aliphatic carbocycles. The van der Waals surface area contributed by atoms with Gasteiger partial charge in [-0.15, -0.1) is 0 Å². The number of rotatable bonds is 7. The zero-order valence-corrected chi connectivity index (χ0v) is 13.1. The summed E-state index contributed by atoms with van der Waals surface area (Å²) >= 11 is 0. The highest BCUT2D eigenvalue weighted by Gasteiger charge is 2.18. The third-order valence-corrected chi connectivity index (χ3v) is 3.57. The van der Waals surface area contributed by atoms with Crippen LogP contribution in [0.2, 0.25) is 0 Å². The molecule has 1 aromatic rings. The molecule has 1 aromatic carbocycles. The maximum absolute atomic E-state index is 13.7. The molecule has 1 rings (SSSR count). The smallest absolute Gasteiger partial charge is 0.130 e. The van der Waals surface area contributed by atoms with E-state index in [0.717, 1.165) is 6.42 Å². The number of nitrogens with one attached hydrogen (secondary N) is 1. The predicted molar refractivity (Wildman–Crippen MR) is 79.7 cm³/mol. The third-order valence-electron chi connectivity index (χ3n) is 3.57. The van der Waals surface area contributed by atoms with Crippen LogP contribution in [-0.4, -0.2) is 31.6 Å². The lowest BCUT2D eigenvalue weighted by atomic mass is 10.0. The van der Waals surface area contributed by atoms with Crippen LogP contribution >= 0.6 is 0 Å². The number of benzene rings is 1. The van der Waals surface area contributed by atoms with E-state index >= 15 is 0 Å². The predicted octanol–water partition coefficient (Wildman–Crippen LogP) is 3.59. The van der Waals surface area contributed by atoms with Crippen molar-refractivity contribution in [2.24, 2.45) is 5.92 Å². The SMILES string of the molecule is CC(C)CC(CNC(C)c1c(F)cccc1F)N(C)C. The molecule has 1 N–H and O–H groups in total. The summed E-state index contributed by atoms with van der Waals surface area (Å²) in [5.74, 6) is -0.393. The second-order valence-corrected chi connectivity index (χ2v) is 6.01. The third kappa shape index (κ3) is 4.84. The van der Waals surface area contributed by atoms with Gasteiger partial charge in [-0.1, -0.05) is 19.9 Å². The first-order chi connectivity index (χ1) is 9.32. The van der Waals surface area contributed by atoms with Gasteiger partial charge in [-0.2, -0.15) is 0 Å². The molecule has 0 bridgehead atoms. The van der Waals surface area contributed by atoms with Gasteiger partial charge in [0.15, 0.2) is 0 Å². The maximum Gasteiger partial charge on any atom is 0.130 e. The lowest BCUT2D eigenvalue weighted by molar-refractivity contribution is 0.241. The molecule has 0 aliphatic heterocycles. The molecule has 0 saturated heterocycles. The maximum atomic E-state index is 13.7. The molecule has 0 spiro atoms. The minimum Gasteiger partial charge on any atom is -0.308 e. The first kappa shape index (κ1) is 17.1. The van der Waals surface area contributed by atoms with E-state index < -0.39 is 11.6 Å². The summed E-state index contributed by atoms with van der Waals surface area (Å²) < 4.78 is 27.4. The molecule has 0 fully saturated rings. The summed E-state index contributed by atoms with van der Waals surface area (Å²) in [5, 5.41) is 3.25. The number of hydrogen-bond donors (Lipinski definition) is 1. The molecule has 2 nitrogen and oxygen atoms in total. The summed E-state index contributed by atoms with van der Waals surface area (Å²) in [4.78, 5) is 2.15. The Morgan fingerprint density at radius 2 is 1.65 bits per heavy atom. The van der Waals surface area contributed by atoms with Crippen LogP contribution in [0.5, 0.6) is 0 Å². The number of likely N-dealkylation sites (N-methyl/N-ethyl adjacent to an activating group) is 1. The summed E-state index contributed by atoms with van der Waals surface area (Å²) in [6, 6.07) is 4.00. The molecule has 2 atom stereocenters. The van der Waals surface area contributed by atoms with Crippen LogP contribution in [0.3, 0.4) is 0 Å². The zero-order valence-electron chi connectivity index (χ0n) is 13.1. The second kappa shape index (κ2) is 7.70. The highest BCUT2D eigenvalue weighted by Crippen LogP contribution is 2.20. The van der Waals surface area contributed by atoms with E-state index in [1.807, 2.05) is 14.1 Å². The Bertz CT molecular complexity index is 399. The average Bonchev–Trinajstić information content (AvgIpc) is 2.33. The van der Waals surface area contributed by atoms with Gasteiger partial charge in [-0.25, -0.2) is 8.78 Å². The van der Waals surface area contributed by atoms with Crippen LogP contribution in [0.1, 0.15) is 38.8 Å². The van der Waals surface area contributed by atoms with Crippen LogP contribution in [-0.2, 0) is 0 Å². The average molecular weight is 284 g/mol. The lowest BCUT2D eigenvalue weighted by Gasteiger charge is -2.28. The molecular formula is C16H26F2N2. The minimum absolute atomic E-state index is 0.120. The van der Waals surface area contributed by atoms with E-state index in [4.69, 9.17) is 0 Å². The van der Waals surface area contributed by atoms with Gasteiger partial charge in [0.25, 0.3) is 0 Å². The van der Waals surface area contributed by atoms with Gasteiger partial charge in [0.05, 0.1) is 0 Å². The van der Waals surface area contributed by atoms with Crippen molar-refractivity contribution in [1.29, 1.82) is 0 Å². The van der Waals surface area contributed by atoms with Crippen molar-refractivity contribution in [1.82, 2.24) is 10.2 Å². The van der Waals surface area contributed by atoms with E-state index in [2.05, 4.69) is 24.1 Å². The fourth-order valence-electron chi connectivity index (χ4n) is 2.36. The summed E-state index contributed by atoms with van der Waals surface area (Å²) in [7, 11) is 4.06. The van der Waals surface area contributed by atoms with Crippen molar-refractivity contribution in [2.75, 3.05) is 20.6 Å². The van der Waals surface area contributed by atoms with Crippen molar-refractivity contribution in [3.63, 3.8) is 0 Å². The quantitative estimate of drug-likeness (QED) is 0.823. The van der Waals surface area contributed by atoms with Gasteiger partial charge in [-0.05, 0) is 45.5 Å². The number of hydrogen-bond acceptors (Lipinski definition) is 2. The van der Waals surface area contributed by atoms with Crippen molar-refractivity contribution < 1.29 is 8.78 Å². The van der Waals surface area contributed by atoms with Crippen molar-refractivity contribution in [3.05, 3.63) is 35.4 Å². The Morgan fingerprint density at radius 1 is 1.10 bits per heavy atom. The molecule has 0 radical (unpaired) electrons. The van der Waals surface area contributed by atoms with E-state index in [1.54, 1.807) is 6.92 Å². The van der Waals surface area contributed by atoms with Crippen LogP contribution in [0, 0.1) is 17.6 Å². The standard InChI is InChI=1S/C16H26F2N2/c1-11(2)9-13(20(4)5)10-19-12(3)16-14(17)7-6-8-15(16)18/h6-8,11-13,19H,9-10H2,1-5H3. The van der Waals surface area contributed by atoms with E-state index in [9.17, 15) is 8.78 Å². The van der Waals surface area contributed by atoms with E-state index in [0.29, 0.717) is 18.5 Å². The summed E-state index contributed by atoms with van der Waals surface area (Å²) in [5.41, 5.74) is 0.120. The Morgan fingerprint density at radius 3 is 2.10 bits per heavy atom. The number of halogens is 2. The van der Waals surface area contributed by atoms with E-state index in [1.165, 1.54) is 18.2 Å². The first-order valence-electron chi connectivity index (χ1n) is 7.16. The van der Waals surface area contributed by atoms with Gasteiger partial charge in [0.2, 0.25) is 0 Å². The van der Waals surface area contributed by atoms with Crippen LogP contribution < -0.4 is 5.32 Å². The van der Waals surface area contributed by atoms with Gasteiger partial charge in [-0.3, -0.25) is 0 Å². The fraction of sp³-hybridized carbons (Fsp3) is 0.625. The minimum atomic E-state index is -0.490. The molecule has 0 heterocycles. The molecule has 114 valence electrons. The molecule has 2 unspecified atom stereocenters.